The fraction of sp³-hybridized carbons (Fsp3) is 0.933. The van der Waals surface area contributed by atoms with Crippen LogP contribution < -0.4 is 0 Å². The summed E-state index contributed by atoms with van der Waals surface area (Å²) in [4.78, 5) is 13.8. The van der Waals surface area contributed by atoms with Gasteiger partial charge < -0.3 is 14.6 Å². The van der Waals surface area contributed by atoms with E-state index in [1.807, 2.05) is 0 Å². The number of hydrogen-bond donors (Lipinski definition) is 1. The monoisotopic (exact) mass is 285 g/mol. The van der Waals surface area contributed by atoms with Crippen molar-refractivity contribution < 1.29 is 19.4 Å². The fourth-order valence-corrected chi connectivity index (χ4v) is 3.43. The number of nitrogens with zero attached hydrogens (tertiary/aromatic N) is 1. The van der Waals surface area contributed by atoms with Gasteiger partial charge in [0.05, 0.1) is 25.2 Å². The summed E-state index contributed by atoms with van der Waals surface area (Å²) in [6.07, 6.45) is 4.40. The molecule has 2 aliphatic rings. The van der Waals surface area contributed by atoms with Crippen LogP contribution in [0.4, 0.5) is 0 Å². The molecule has 0 bridgehead atoms. The maximum Gasteiger partial charge on any atom is 0.310 e. The molecule has 1 N–H and O–H groups in total. The van der Waals surface area contributed by atoms with Gasteiger partial charge in [-0.1, -0.05) is 13.8 Å². The molecule has 2 aliphatic heterocycles. The van der Waals surface area contributed by atoms with Crippen molar-refractivity contribution in [2.24, 2.45) is 5.92 Å². The molecule has 5 nitrogen and oxygen atoms in total. The summed E-state index contributed by atoms with van der Waals surface area (Å²) in [5.74, 6) is -1.11. The van der Waals surface area contributed by atoms with E-state index < -0.39 is 5.97 Å². The van der Waals surface area contributed by atoms with E-state index in [1.54, 1.807) is 0 Å². The molecule has 5 heteroatoms. The van der Waals surface area contributed by atoms with Crippen molar-refractivity contribution in [1.82, 2.24) is 4.90 Å². The second-order valence-electron chi connectivity index (χ2n) is 5.87. The molecule has 0 aliphatic carbocycles. The summed E-state index contributed by atoms with van der Waals surface area (Å²) in [6, 6.07) is 0.454. The Hall–Kier alpha value is -0.650. The van der Waals surface area contributed by atoms with Crippen LogP contribution in [0.3, 0.4) is 0 Å². The molecule has 0 aromatic carbocycles. The number of ether oxygens (including phenoxy) is 2. The van der Waals surface area contributed by atoms with Crippen LogP contribution in [0.15, 0.2) is 0 Å². The molecule has 0 radical (unpaired) electrons. The summed E-state index contributed by atoms with van der Waals surface area (Å²) in [5.41, 5.74) is 0. The Kier molecular flexibility index (Phi) is 5.81. The molecular weight excluding hydrogens is 258 g/mol. The lowest BCUT2D eigenvalue weighted by molar-refractivity contribution is -0.144. The van der Waals surface area contributed by atoms with Crippen LogP contribution in [0, 0.1) is 5.92 Å². The maximum atomic E-state index is 11.4. The first-order valence-corrected chi connectivity index (χ1v) is 7.85. The Morgan fingerprint density at radius 1 is 1.35 bits per heavy atom. The van der Waals surface area contributed by atoms with Gasteiger partial charge in [-0.25, -0.2) is 0 Å². The van der Waals surface area contributed by atoms with E-state index >= 15 is 0 Å². The lowest BCUT2D eigenvalue weighted by Crippen LogP contribution is -2.51. The third-order valence-electron chi connectivity index (χ3n) is 4.54. The molecule has 20 heavy (non-hydrogen) atoms. The normalized spacial score (nSPS) is 34.5. The largest absolute Gasteiger partial charge is 0.481 e. The van der Waals surface area contributed by atoms with Gasteiger partial charge in [-0.3, -0.25) is 9.69 Å². The van der Waals surface area contributed by atoms with E-state index in [0.29, 0.717) is 25.4 Å². The van der Waals surface area contributed by atoms with E-state index in [-0.39, 0.29) is 12.0 Å². The minimum atomic E-state index is -0.729. The average Bonchev–Trinajstić information content (AvgIpc) is 2.94. The zero-order chi connectivity index (χ0) is 14.5. The molecule has 116 valence electrons. The van der Waals surface area contributed by atoms with Crippen LogP contribution in [-0.4, -0.2) is 60.5 Å². The zero-order valence-electron chi connectivity index (χ0n) is 12.6. The molecule has 2 heterocycles. The van der Waals surface area contributed by atoms with E-state index in [2.05, 4.69) is 18.7 Å². The van der Waals surface area contributed by atoms with Crippen molar-refractivity contribution in [3.63, 3.8) is 0 Å². The molecule has 2 saturated heterocycles. The molecule has 4 unspecified atom stereocenters. The Morgan fingerprint density at radius 3 is 2.80 bits per heavy atom. The quantitative estimate of drug-likeness (QED) is 0.806. The average molecular weight is 285 g/mol. The van der Waals surface area contributed by atoms with Gasteiger partial charge in [0.15, 0.2) is 0 Å². The number of carboxylic acid groups (broad SMARTS) is 1. The van der Waals surface area contributed by atoms with Gasteiger partial charge in [-0.05, 0) is 32.2 Å². The molecular formula is C15H27NO4. The predicted octanol–water partition coefficient (Wildman–Crippen LogP) is 1.76. The van der Waals surface area contributed by atoms with Gasteiger partial charge in [-0.15, -0.1) is 0 Å². The van der Waals surface area contributed by atoms with Gasteiger partial charge in [0.1, 0.15) is 0 Å². The molecule has 0 saturated carbocycles. The second-order valence-corrected chi connectivity index (χ2v) is 5.87. The van der Waals surface area contributed by atoms with Crippen LogP contribution in [0.25, 0.3) is 0 Å². The lowest BCUT2D eigenvalue weighted by Gasteiger charge is -2.41. The Bertz CT molecular complexity index is 323. The Balaban J connectivity index is 2.07. The summed E-state index contributed by atoms with van der Waals surface area (Å²) in [7, 11) is 0. The molecule has 0 amide bonds. The first-order valence-electron chi connectivity index (χ1n) is 7.85. The Labute approximate surface area is 121 Å². The molecule has 2 rings (SSSR count). The molecule has 2 fully saturated rings. The number of hydrogen-bond acceptors (Lipinski definition) is 4. The third-order valence-corrected chi connectivity index (χ3v) is 4.54. The highest BCUT2D eigenvalue weighted by Crippen LogP contribution is 2.28. The highest BCUT2D eigenvalue weighted by Gasteiger charge is 2.41. The van der Waals surface area contributed by atoms with Crippen LogP contribution in [0.5, 0.6) is 0 Å². The van der Waals surface area contributed by atoms with Crippen LogP contribution >= 0.6 is 0 Å². The van der Waals surface area contributed by atoms with Crippen molar-refractivity contribution in [2.75, 3.05) is 26.4 Å². The molecule has 0 aromatic heterocycles. The van der Waals surface area contributed by atoms with Crippen molar-refractivity contribution in [2.45, 2.75) is 57.7 Å². The SMILES string of the molecule is CCCN(C1CCOC(CC)C1)C1COCC1C(=O)O. The highest BCUT2D eigenvalue weighted by atomic mass is 16.5. The van der Waals surface area contributed by atoms with Crippen LogP contribution in [0.2, 0.25) is 0 Å². The van der Waals surface area contributed by atoms with Crippen LogP contribution in [0.1, 0.15) is 39.5 Å². The van der Waals surface area contributed by atoms with Crippen molar-refractivity contribution in [3.8, 4) is 0 Å². The first-order chi connectivity index (χ1) is 9.67. The summed E-state index contributed by atoms with van der Waals surface area (Å²) >= 11 is 0. The van der Waals surface area contributed by atoms with Gasteiger partial charge >= 0.3 is 5.97 Å². The van der Waals surface area contributed by atoms with E-state index in [1.165, 1.54) is 0 Å². The predicted molar refractivity (Wildman–Crippen MR) is 75.8 cm³/mol. The zero-order valence-corrected chi connectivity index (χ0v) is 12.6. The van der Waals surface area contributed by atoms with Gasteiger partial charge in [-0.2, -0.15) is 0 Å². The first kappa shape index (κ1) is 15.7. The minimum Gasteiger partial charge on any atom is -0.481 e. The summed E-state index contributed by atoms with van der Waals surface area (Å²) < 4.78 is 11.2. The van der Waals surface area contributed by atoms with Crippen molar-refractivity contribution in [3.05, 3.63) is 0 Å². The topological polar surface area (TPSA) is 59.0 Å². The number of carboxylic acids is 1. The summed E-state index contributed by atoms with van der Waals surface area (Å²) in [6.45, 7) is 6.92. The lowest BCUT2D eigenvalue weighted by atomic mass is 9.94. The number of rotatable bonds is 6. The Morgan fingerprint density at radius 2 is 2.15 bits per heavy atom. The maximum absolute atomic E-state index is 11.4. The minimum absolute atomic E-state index is 0.0213. The standard InChI is InChI=1S/C15H27NO4/c1-3-6-16(11-5-7-20-12(4-2)8-11)14-10-19-9-13(14)15(17)18/h11-14H,3-10H2,1-2H3,(H,17,18). The fourth-order valence-electron chi connectivity index (χ4n) is 3.43. The van der Waals surface area contributed by atoms with Crippen LogP contribution in [-0.2, 0) is 14.3 Å². The second kappa shape index (κ2) is 7.38. The highest BCUT2D eigenvalue weighted by molar-refractivity contribution is 5.71. The van der Waals surface area contributed by atoms with Crippen molar-refractivity contribution >= 4 is 5.97 Å². The molecule has 0 spiro atoms. The van der Waals surface area contributed by atoms with Gasteiger partial charge in [0.25, 0.3) is 0 Å². The number of carbonyl (C=O) groups is 1. The van der Waals surface area contributed by atoms with E-state index in [0.717, 1.165) is 38.8 Å². The van der Waals surface area contributed by atoms with Gasteiger partial charge in [0, 0.05) is 18.7 Å². The van der Waals surface area contributed by atoms with Crippen molar-refractivity contribution in [1.29, 1.82) is 0 Å². The van der Waals surface area contributed by atoms with Gasteiger partial charge in [0.2, 0.25) is 0 Å². The van der Waals surface area contributed by atoms with E-state index in [9.17, 15) is 9.90 Å². The number of aliphatic carboxylic acids is 1. The third kappa shape index (κ3) is 3.51. The smallest absolute Gasteiger partial charge is 0.310 e. The molecule has 4 atom stereocenters. The van der Waals surface area contributed by atoms with E-state index in [4.69, 9.17) is 9.47 Å². The molecule has 0 aromatic rings. The summed E-state index contributed by atoms with van der Waals surface area (Å²) in [5, 5.41) is 9.37.